The van der Waals surface area contributed by atoms with Crippen LogP contribution < -0.4 is 11.1 Å². The van der Waals surface area contributed by atoms with E-state index in [1.807, 2.05) is 12.1 Å². The van der Waals surface area contributed by atoms with E-state index >= 15 is 0 Å². The molecule has 1 aromatic rings. The first kappa shape index (κ1) is 15.1. The van der Waals surface area contributed by atoms with Gasteiger partial charge in [-0.15, -0.1) is 0 Å². The number of amides is 2. The van der Waals surface area contributed by atoms with Crippen LogP contribution in [0.1, 0.15) is 29.3 Å². The zero-order valence-electron chi connectivity index (χ0n) is 12.1. The number of hydrogen-bond donors (Lipinski definition) is 2. The predicted octanol–water partition coefficient (Wildman–Crippen LogP) is 0.347. The smallest absolute Gasteiger partial charge is 0.253 e. The van der Waals surface area contributed by atoms with Gasteiger partial charge >= 0.3 is 0 Å². The molecule has 5 nitrogen and oxygen atoms in total. The molecule has 1 saturated heterocycles. The van der Waals surface area contributed by atoms with Gasteiger partial charge in [0, 0.05) is 37.2 Å². The Morgan fingerprint density at radius 3 is 3.00 bits per heavy atom. The van der Waals surface area contributed by atoms with E-state index < -0.39 is 0 Å². The minimum absolute atomic E-state index is 0.0285. The molecule has 1 unspecified atom stereocenters. The molecule has 0 aromatic heterocycles. The highest BCUT2D eigenvalue weighted by Gasteiger charge is 2.27. The SMILES string of the molecule is CC(=O)NC1CCN(C(=O)c2cccc(C#CCN)c2)C1. The van der Waals surface area contributed by atoms with E-state index in [-0.39, 0.29) is 17.9 Å². The summed E-state index contributed by atoms with van der Waals surface area (Å²) < 4.78 is 0. The van der Waals surface area contributed by atoms with E-state index in [2.05, 4.69) is 17.2 Å². The number of likely N-dealkylation sites (tertiary alicyclic amines) is 1. The molecule has 2 rings (SSSR count). The number of nitrogens with one attached hydrogen (secondary N) is 1. The number of benzene rings is 1. The van der Waals surface area contributed by atoms with Crippen molar-refractivity contribution in [1.82, 2.24) is 10.2 Å². The van der Waals surface area contributed by atoms with Crippen LogP contribution in [0.5, 0.6) is 0 Å². The summed E-state index contributed by atoms with van der Waals surface area (Å²) in [6.45, 7) is 2.99. The lowest BCUT2D eigenvalue weighted by Crippen LogP contribution is -2.37. The zero-order valence-corrected chi connectivity index (χ0v) is 12.1. The Morgan fingerprint density at radius 1 is 1.48 bits per heavy atom. The van der Waals surface area contributed by atoms with E-state index in [9.17, 15) is 9.59 Å². The maximum Gasteiger partial charge on any atom is 0.253 e. The Hall–Kier alpha value is -2.32. The molecular formula is C16H19N3O2. The third kappa shape index (κ3) is 4.07. The third-order valence-corrected chi connectivity index (χ3v) is 3.33. The maximum atomic E-state index is 12.4. The van der Waals surface area contributed by atoms with Crippen molar-refractivity contribution in [2.45, 2.75) is 19.4 Å². The van der Waals surface area contributed by atoms with Crippen molar-refractivity contribution in [2.75, 3.05) is 19.6 Å². The summed E-state index contributed by atoms with van der Waals surface area (Å²) in [6.07, 6.45) is 0.790. The molecule has 1 aliphatic rings. The van der Waals surface area contributed by atoms with Gasteiger partial charge in [0.15, 0.2) is 0 Å². The number of nitrogens with zero attached hydrogens (tertiary/aromatic N) is 1. The Kier molecular flexibility index (Phi) is 4.96. The average molecular weight is 285 g/mol. The molecule has 1 aliphatic heterocycles. The third-order valence-electron chi connectivity index (χ3n) is 3.33. The van der Waals surface area contributed by atoms with Crippen molar-refractivity contribution in [3.8, 4) is 11.8 Å². The Balaban J connectivity index is 2.05. The first-order valence-electron chi connectivity index (χ1n) is 6.95. The molecule has 0 bridgehead atoms. The number of carbonyl (C=O) groups excluding carboxylic acids is 2. The number of hydrogen-bond acceptors (Lipinski definition) is 3. The summed E-state index contributed by atoms with van der Waals surface area (Å²) in [7, 11) is 0. The standard InChI is InChI=1S/C16H19N3O2/c1-12(20)18-15-7-9-19(11-15)16(21)14-6-2-4-13(10-14)5-3-8-17/h2,4,6,10,15H,7-9,11,17H2,1H3,(H,18,20). The predicted molar refractivity (Wildman–Crippen MR) is 80.5 cm³/mol. The van der Waals surface area contributed by atoms with E-state index in [4.69, 9.17) is 5.73 Å². The van der Waals surface area contributed by atoms with E-state index in [1.54, 1.807) is 17.0 Å². The summed E-state index contributed by atoms with van der Waals surface area (Å²) in [5.41, 5.74) is 6.74. The van der Waals surface area contributed by atoms with Gasteiger partial charge in [-0.05, 0) is 24.6 Å². The minimum Gasteiger partial charge on any atom is -0.352 e. The second-order valence-electron chi connectivity index (χ2n) is 5.02. The first-order valence-corrected chi connectivity index (χ1v) is 6.95. The lowest BCUT2D eigenvalue weighted by atomic mass is 10.1. The van der Waals surface area contributed by atoms with Gasteiger partial charge in [-0.2, -0.15) is 0 Å². The summed E-state index contributed by atoms with van der Waals surface area (Å²) in [5.74, 6) is 5.61. The highest BCUT2D eigenvalue weighted by molar-refractivity contribution is 5.94. The van der Waals surface area contributed by atoms with Gasteiger partial charge in [-0.1, -0.05) is 17.9 Å². The maximum absolute atomic E-state index is 12.4. The number of carbonyl (C=O) groups is 2. The van der Waals surface area contributed by atoms with Crippen LogP contribution in [-0.4, -0.2) is 42.4 Å². The lowest BCUT2D eigenvalue weighted by Gasteiger charge is -2.17. The summed E-state index contributed by atoms with van der Waals surface area (Å²) in [5, 5.41) is 2.85. The highest BCUT2D eigenvalue weighted by Crippen LogP contribution is 2.14. The lowest BCUT2D eigenvalue weighted by molar-refractivity contribution is -0.119. The molecule has 21 heavy (non-hydrogen) atoms. The first-order chi connectivity index (χ1) is 10.1. The molecule has 0 radical (unpaired) electrons. The molecule has 0 spiro atoms. The quantitative estimate of drug-likeness (QED) is 0.770. The van der Waals surface area contributed by atoms with Gasteiger partial charge in [0.1, 0.15) is 0 Å². The Bertz CT molecular complexity index is 601. The van der Waals surface area contributed by atoms with Crippen LogP contribution >= 0.6 is 0 Å². The highest BCUT2D eigenvalue weighted by atomic mass is 16.2. The van der Waals surface area contributed by atoms with Gasteiger partial charge in [0.25, 0.3) is 5.91 Å². The fourth-order valence-corrected chi connectivity index (χ4v) is 2.42. The van der Waals surface area contributed by atoms with Crippen LogP contribution in [0.25, 0.3) is 0 Å². The molecule has 5 heteroatoms. The van der Waals surface area contributed by atoms with Gasteiger partial charge in [0.05, 0.1) is 6.54 Å². The van der Waals surface area contributed by atoms with Crippen molar-refractivity contribution in [1.29, 1.82) is 0 Å². The summed E-state index contributed by atoms with van der Waals surface area (Å²) >= 11 is 0. The van der Waals surface area contributed by atoms with Crippen molar-refractivity contribution in [3.63, 3.8) is 0 Å². The normalized spacial score (nSPS) is 17.0. The molecule has 1 fully saturated rings. The monoisotopic (exact) mass is 285 g/mol. The van der Waals surface area contributed by atoms with E-state index in [0.717, 1.165) is 12.0 Å². The number of nitrogens with two attached hydrogens (primary N) is 1. The van der Waals surface area contributed by atoms with E-state index in [0.29, 0.717) is 25.2 Å². The fraction of sp³-hybridized carbons (Fsp3) is 0.375. The van der Waals surface area contributed by atoms with Crippen LogP contribution in [0.2, 0.25) is 0 Å². The molecule has 0 saturated carbocycles. The second-order valence-corrected chi connectivity index (χ2v) is 5.02. The van der Waals surface area contributed by atoms with Crippen molar-refractivity contribution >= 4 is 11.8 Å². The van der Waals surface area contributed by atoms with Gasteiger partial charge < -0.3 is 16.0 Å². The van der Waals surface area contributed by atoms with Gasteiger partial charge in [0.2, 0.25) is 5.91 Å². The molecule has 2 amide bonds. The van der Waals surface area contributed by atoms with Crippen molar-refractivity contribution in [2.24, 2.45) is 5.73 Å². The molecule has 110 valence electrons. The van der Waals surface area contributed by atoms with Crippen LogP contribution in [-0.2, 0) is 4.79 Å². The van der Waals surface area contributed by atoms with Gasteiger partial charge in [-0.3, -0.25) is 9.59 Å². The second kappa shape index (κ2) is 6.91. The Morgan fingerprint density at radius 2 is 2.29 bits per heavy atom. The van der Waals surface area contributed by atoms with Crippen LogP contribution in [0, 0.1) is 11.8 Å². The molecular weight excluding hydrogens is 266 g/mol. The van der Waals surface area contributed by atoms with Crippen LogP contribution in [0.4, 0.5) is 0 Å². The molecule has 0 aliphatic carbocycles. The zero-order chi connectivity index (χ0) is 15.2. The van der Waals surface area contributed by atoms with Crippen LogP contribution in [0.3, 0.4) is 0 Å². The minimum atomic E-state index is -0.0617. The van der Waals surface area contributed by atoms with Gasteiger partial charge in [-0.25, -0.2) is 0 Å². The molecule has 1 atom stereocenters. The summed E-state index contributed by atoms with van der Waals surface area (Å²) in [6, 6.07) is 7.27. The van der Waals surface area contributed by atoms with E-state index in [1.165, 1.54) is 6.92 Å². The van der Waals surface area contributed by atoms with Crippen LogP contribution in [0.15, 0.2) is 24.3 Å². The molecule has 1 aromatic carbocycles. The molecule has 1 heterocycles. The molecule has 3 N–H and O–H groups in total. The topological polar surface area (TPSA) is 75.4 Å². The largest absolute Gasteiger partial charge is 0.352 e. The fourth-order valence-electron chi connectivity index (χ4n) is 2.42. The summed E-state index contributed by atoms with van der Waals surface area (Å²) in [4.78, 5) is 25.3. The number of rotatable bonds is 2. The average Bonchev–Trinajstić information content (AvgIpc) is 2.92. The van der Waals surface area contributed by atoms with Crippen molar-refractivity contribution in [3.05, 3.63) is 35.4 Å². The van der Waals surface area contributed by atoms with Crippen molar-refractivity contribution < 1.29 is 9.59 Å². The Labute approximate surface area is 124 Å².